The molecule has 2 aromatic rings. The molecule has 4 rings (SSSR count). The molecule has 0 atom stereocenters. The molecule has 2 aliphatic rings. The molecule has 146 valence electrons. The molecule has 0 radical (unpaired) electrons. The van der Waals surface area contributed by atoms with E-state index in [1.807, 2.05) is 59.5 Å². The molecule has 6 nitrogen and oxygen atoms in total. The highest BCUT2D eigenvalue weighted by atomic mass is 16.5. The largest absolute Gasteiger partial charge is 0.372 e. The van der Waals surface area contributed by atoms with Gasteiger partial charge in [-0.25, -0.2) is 4.79 Å². The maximum absolute atomic E-state index is 12.8. The summed E-state index contributed by atoms with van der Waals surface area (Å²) in [7, 11) is 0. The van der Waals surface area contributed by atoms with Crippen LogP contribution in [0, 0.1) is 0 Å². The van der Waals surface area contributed by atoms with Crippen molar-refractivity contribution in [1.82, 2.24) is 10.2 Å². The number of piperidine rings is 1. The Morgan fingerprint density at radius 2 is 1.75 bits per heavy atom. The molecule has 0 unspecified atom stereocenters. The lowest BCUT2D eigenvalue weighted by Gasteiger charge is -2.40. The zero-order valence-electron chi connectivity index (χ0n) is 15.8. The van der Waals surface area contributed by atoms with Crippen molar-refractivity contribution in [1.29, 1.82) is 0 Å². The van der Waals surface area contributed by atoms with Crippen LogP contribution in [0.5, 0.6) is 0 Å². The number of rotatable bonds is 2. The van der Waals surface area contributed by atoms with Crippen molar-refractivity contribution >= 4 is 17.6 Å². The Balaban J connectivity index is 1.41. The quantitative estimate of drug-likeness (QED) is 0.841. The van der Waals surface area contributed by atoms with E-state index in [1.165, 1.54) is 0 Å². The lowest BCUT2D eigenvalue weighted by molar-refractivity contribution is -0.120. The van der Waals surface area contributed by atoms with Gasteiger partial charge < -0.3 is 20.3 Å². The van der Waals surface area contributed by atoms with Crippen LogP contribution in [0.15, 0.2) is 54.6 Å². The Morgan fingerprint density at radius 3 is 2.54 bits per heavy atom. The molecule has 3 amide bonds. The number of likely N-dealkylation sites (tertiary alicyclic amines) is 1. The first-order valence-electron chi connectivity index (χ1n) is 9.76. The van der Waals surface area contributed by atoms with E-state index >= 15 is 0 Å². The molecular weight excluding hydrogens is 354 g/mol. The Labute approximate surface area is 164 Å². The van der Waals surface area contributed by atoms with Crippen LogP contribution in [0.2, 0.25) is 0 Å². The molecule has 2 saturated heterocycles. The fourth-order valence-electron chi connectivity index (χ4n) is 3.85. The SMILES string of the molecule is O=C1CCOC2(CCN(C(=O)Nc3ccccc3-c3ccccc3)CC2)CN1. The standard InChI is InChI=1S/C22H25N3O3/c26-20-10-15-28-22(16-23-20)11-13-25(14-12-22)21(27)24-19-9-5-4-8-18(19)17-6-2-1-3-7-17/h1-9H,10-16H2,(H,23,26)(H,24,27). The summed E-state index contributed by atoms with van der Waals surface area (Å²) in [5.74, 6) is 0.0366. The highest BCUT2D eigenvalue weighted by Crippen LogP contribution is 2.30. The Bertz CT molecular complexity index is 845. The summed E-state index contributed by atoms with van der Waals surface area (Å²) in [4.78, 5) is 26.2. The fourth-order valence-corrected chi connectivity index (χ4v) is 3.85. The Morgan fingerprint density at radius 1 is 1.04 bits per heavy atom. The van der Waals surface area contributed by atoms with Gasteiger partial charge in [0.2, 0.25) is 5.91 Å². The van der Waals surface area contributed by atoms with Crippen molar-refractivity contribution in [2.75, 3.05) is 31.6 Å². The van der Waals surface area contributed by atoms with E-state index in [-0.39, 0.29) is 17.5 Å². The van der Waals surface area contributed by atoms with E-state index in [0.29, 0.717) is 32.7 Å². The normalized spacial score (nSPS) is 19.0. The summed E-state index contributed by atoms with van der Waals surface area (Å²) in [6.45, 7) is 2.19. The number of nitrogens with one attached hydrogen (secondary N) is 2. The van der Waals surface area contributed by atoms with Crippen molar-refractivity contribution in [3.63, 3.8) is 0 Å². The minimum Gasteiger partial charge on any atom is -0.372 e. The van der Waals surface area contributed by atoms with Gasteiger partial charge in [0.1, 0.15) is 0 Å². The lowest BCUT2D eigenvalue weighted by atomic mass is 9.91. The van der Waals surface area contributed by atoms with Crippen LogP contribution in [0.4, 0.5) is 10.5 Å². The first kappa shape index (κ1) is 18.5. The highest BCUT2D eigenvalue weighted by molar-refractivity contribution is 5.94. The first-order valence-corrected chi connectivity index (χ1v) is 9.76. The molecule has 6 heteroatoms. The van der Waals surface area contributed by atoms with Crippen LogP contribution in [0.1, 0.15) is 19.3 Å². The van der Waals surface area contributed by atoms with Crippen molar-refractivity contribution in [2.24, 2.45) is 0 Å². The molecular formula is C22H25N3O3. The summed E-state index contributed by atoms with van der Waals surface area (Å²) in [5.41, 5.74) is 2.53. The van der Waals surface area contributed by atoms with Crippen molar-refractivity contribution < 1.29 is 14.3 Å². The van der Waals surface area contributed by atoms with E-state index in [1.54, 1.807) is 0 Å². The average Bonchev–Trinajstić information content (AvgIpc) is 2.91. The maximum Gasteiger partial charge on any atom is 0.321 e. The number of urea groups is 1. The number of ether oxygens (including phenoxy) is 1. The van der Waals surface area contributed by atoms with Crippen LogP contribution >= 0.6 is 0 Å². The molecule has 28 heavy (non-hydrogen) atoms. The molecule has 2 N–H and O–H groups in total. The number of nitrogens with zero attached hydrogens (tertiary/aromatic N) is 1. The van der Waals surface area contributed by atoms with Crippen molar-refractivity contribution in [3.8, 4) is 11.1 Å². The zero-order chi connectivity index (χ0) is 19.4. The number of carbonyl (C=O) groups is 2. The molecule has 0 aliphatic carbocycles. The number of hydrogen-bond acceptors (Lipinski definition) is 3. The first-order chi connectivity index (χ1) is 13.7. The van der Waals surface area contributed by atoms with Gasteiger partial charge in [0.05, 0.1) is 17.9 Å². The Kier molecular flexibility index (Phi) is 5.30. The van der Waals surface area contributed by atoms with Crippen LogP contribution in [0.3, 0.4) is 0 Å². The van der Waals surface area contributed by atoms with E-state index in [2.05, 4.69) is 10.6 Å². The number of carbonyl (C=O) groups excluding carboxylic acids is 2. The van der Waals surface area contributed by atoms with E-state index in [4.69, 9.17) is 4.74 Å². The zero-order valence-corrected chi connectivity index (χ0v) is 15.8. The molecule has 2 fully saturated rings. The van der Waals surface area contributed by atoms with Gasteiger partial charge in [0.15, 0.2) is 0 Å². The number of hydrogen-bond donors (Lipinski definition) is 2. The van der Waals surface area contributed by atoms with E-state index in [0.717, 1.165) is 29.7 Å². The summed E-state index contributed by atoms with van der Waals surface area (Å²) >= 11 is 0. The van der Waals surface area contributed by atoms with Gasteiger partial charge >= 0.3 is 6.03 Å². The van der Waals surface area contributed by atoms with Crippen molar-refractivity contribution in [2.45, 2.75) is 24.9 Å². The van der Waals surface area contributed by atoms with Crippen LogP contribution in [-0.4, -0.2) is 48.7 Å². The second-order valence-corrected chi connectivity index (χ2v) is 7.39. The second-order valence-electron chi connectivity index (χ2n) is 7.39. The topological polar surface area (TPSA) is 70.7 Å². The minimum atomic E-state index is -0.342. The summed E-state index contributed by atoms with van der Waals surface area (Å²) < 4.78 is 5.98. The van der Waals surface area contributed by atoms with Crippen LogP contribution in [0.25, 0.3) is 11.1 Å². The van der Waals surface area contributed by atoms with Gasteiger partial charge in [-0.2, -0.15) is 0 Å². The van der Waals surface area contributed by atoms with Gasteiger partial charge in [0, 0.05) is 31.6 Å². The Hall–Kier alpha value is -2.86. The van der Waals surface area contributed by atoms with Gasteiger partial charge in [-0.3, -0.25) is 4.79 Å². The maximum atomic E-state index is 12.8. The van der Waals surface area contributed by atoms with Crippen LogP contribution < -0.4 is 10.6 Å². The fraction of sp³-hybridized carbons (Fsp3) is 0.364. The van der Waals surface area contributed by atoms with E-state index < -0.39 is 0 Å². The monoisotopic (exact) mass is 379 g/mol. The van der Waals surface area contributed by atoms with Gasteiger partial charge in [0.25, 0.3) is 0 Å². The molecule has 1 spiro atoms. The lowest BCUT2D eigenvalue weighted by Crippen LogP contribution is -2.53. The molecule has 2 heterocycles. The van der Waals surface area contributed by atoms with Gasteiger partial charge in [-0.05, 0) is 24.5 Å². The minimum absolute atomic E-state index is 0.0366. The van der Waals surface area contributed by atoms with Crippen LogP contribution in [-0.2, 0) is 9.53 Å². The predicted octanol–water partition coefficient (Wildman–Crippen LogP) is 3.26. The van der Waals surface area contributed by atoms with Crippen molar-refractivity contribution in [3.05, 3.63) is 54.6 Å². The second kappa shape index (κ2) is 8.02. The smallest absolute Gasteiger partial charge is 0.321 e. The number of anilines is 1. The average molecular weight is 379 g/mol. The predicted molar refractivity (Wildman–Crippen MR) is 108 cm³/mol. The summed E-state index contributed by atoms with van der Waals surface area (Å²) in [5, 5.41) is 6.00. The number of amides is 3. The summed E-state index contributed by atoms with van der Waals surface area (Å²) in [6.07, 6.45) is 1.85. The van der Waals surface area contributed by atoms with E-state index in [9.17, 15) is 9.59 Å². The molecule has 0 bridgehead atoms. The van der Waals surface area contributed by atoms with Gasteiger partial charge in [-0.15, -0.1) is 0 Å². The molecule has 2 aromatic carbocycles. The molecule has 0 aromatic heterocycles. The molecule has 2 aliphatic heterocycles. The summed E-state index contributed by atoms with van der Waals surface area (Å²) in [6, 6.07) is 17.8. The molecule has 0 saturated carbocycles. The number of benzene rings is 2. The number of para-hydroxylation sites is 1. The third kappa shape index (κ3) is 4.02. The highest BCUT2D eigenvalue weighted by Gasteiger charge is 2.38. The van der Waals surface area contributed by atoms with Gasteiger partial charge in [-0.1, -0.05) is 48.5 Å². The third-order valence-electron chi connectivity index (χ3n) is 5.56. The third-order valence-corrected chi connectivity index (χ3v) is 5.56.